The van der Waals surface area contributed by atoms with Gasteiger partial charge < -0.3 is 5.73 Å². The topological polar surface area (TPSA) is 69.2 Å². The zero-order valence-corrected chi connectivity index (χ0v) is 8.12. The van der Waals surface area contributed by atoms with Crippen LogP contribution < -0.4 is 5.73 Å². The summed E-state index contributed by atoms with van der Waals surface area (Å²) in [5.41, 5.74) is 6.44. The van der Waals surface area contributed by atoms with E-state index in [2.05, 4.69) is 24.5 Å². The average Bonchev–Trinajstić information content (AvgIpc) is 2.15. The molecule has 5 heteroatoms. The van der Waals surface area contributed by atoms with Gasteiger partial charge in [0.1, 0.15) is 0 Å². The predicted octanol–water partition coefficient (Wildman–Crippen LogP) is 1.46. The van der Waals surface area contributed by atoms with E-state index in [9.17, 15) is 10.1 Å². The van der Waals surface area contributed by atoms with Crippen LogP contribution in [0.1, 0.15) is 5.56 Å². The summed E-state index contributed by atoms with van der Waals surface area (Å²) in [4.78, 5) is 9.89. The first-order valence-corrected chi connectivity index (χ1v) is 4.42. The van der Waals surface area contributed by atoms with Crippen LogP contribution in [0.2, 0.25) is 0 Å². The lowest BCUT2D eigenvalue weighted by atomic mass is 10.1. The molecule has 14 heavy (non-hydrogen) atoms. The number of nitrogens with two attached hydrogens (primary N) is 1. The highest BCUT2D eigenvalue weighted by Crippen LogP contribution is 2.18. The lowest BCUT2D eigenvalue weighted by Gasteiger charge is -1.97. The first-order chi connectivity index (χ1) is 6.65. The maximum atomic E-state index is 10.4. The molecule has 0 radical (unpaired) electrons. The van der Waals surface area contributed by atoms with E-state index in [0.717, 1.165) is 0 Å². The van der Waals surface area contributed by atoms with Gasteiger partial charge in [0, 0.05) is 17.7 Å². The molecule has 2 N–H and O–H groups in total. The van der Waals surface area contributed by atoms with Crippen molar-refractivity contribution in [2.24, 2.45) is 0 Å². The highest BCUT2D eigenvalue weighted by atomic mass is 32.1. The Hall–Kier alpha value is -1.67. The van der Waals surface area contributed by atoms with E-state index >= 15 is 0 Å². The molecule has 0 saturated carbocycles. The first kappa shape index (κ1) is 10.4. The fourth-order valence-electron chi connectivity index (χ4n) is 0.912. The summed E-state index contributed by atoms with van der Waals surface area (Å²) >= 11 is 3.92. The van der Waals surface area contributed by atoms with Crippen molar-refractivity contribution in [1.29, 1.82) is 0 Å². The van der Waals surface area contributed by atoms with Crippen LogP contribution in [0.15, 0.2) is 18.2 Å². The Labute approximate surface area is 86.7 Å². The number of anilines is 1. The van der Waals surface area contributed by atoms with Crippen LogP contribution >= 0.6 is 12.6 Å². The van der Waals surface area contributed by atoms with Crippen molar-refractivity contribution in [2.75, 3.05) is 11.5 Å². The van der Waals surface area contributed by atoms with Crippen LogP contribution in [-0.4, -0.2) is 10.7 Å². The number of nitrogen functional groups attached to an aromatic ring is 1. The van der Waals surface area contributed by atoms with Crippen molar-refractivity contribution in [3.63, 3.8) is 0 Å². The van der Waals surface area contributed by atoms with Gasteiger partial charge in [-0.1, -0.05) is 11.8 Å². The Morgan fingerprint density at radius 2 is 2.29 bits per heavy atom. The Kier molecular flexibility index (Phi) is 3.37. The van der Waals surface area contributed by atoms with Gasteiger partial charge in [0.15, 0.2) is 0 Å². The lowest BCUT2D eigenvalue weighted by Crippen LogP contribution is -1.94. The van der Waals surface area contributed by atoms with Gasteiger partial charge >= 0.3 is 0 Å². The molecule has 1 aromatic carbocycles. The molecule has 0 aliphatic heterocycles. The molecule has 0 fully saturated rings. The molecule has 1 rings (SSSR count). The van der Waals surface area contributed by atoms with E-state index in [4.69, 9.17) is 5.73 Å². The number of benzene rings is 1. The lowest BCUT2D eigenvalue weighted by molar-refractivity contribution is -0.384. The third-order valence-electron chi connectivity index (χ3n) is 1.55. The van der Waals surface area contributed by atoms with Gasteiger partial charge in [0.2, 0.25) is 0 Å². The molecule has 1 aromatic rings. The number of nitro benzene ring substituents is 1. The SMILES string of the molecule is Nc1cc([N+](=O)[O-])ccc1C#CCS. The molecule has 0 saturated heterocycles. The Morgan fingerprint density at radius 3 is 2.79 bits per heavy atom. The van der Waals surface area contributed by atoms with Crippen molar-refractivity contribution >= 4 is 24.0 Å². The summed E-state index contributed by atoms with van der Waals surface area (Å²) in [6, 6.07) is 4.20. The zero-order chi connectivity index (χ0) is 10.6. The minimum atomic E-state index is -0.494. The number of hydrogen-bond donors (Lipinski definition) is 2. The number of thiol groups is 1. The first-order valence-electron chi connectivity index (χ1n) is 3.79. The number of hydrogen-bond acceptors (Lipinski definition) is 4. The van der Waals surface area contributed by atoms with Crippen LogP contribution in [0.4, 0.5) is 11.4 Å². The minimum Gasteiger partial charge on any atom is -0.398 e. The Morgan fingerprint density at radius 1 is 1.57 bits per heavy atom. The standard InChI is InChI=1S/C9H8N2O2S/c10-9-6-8(11(12)13)4-3-7(9)2-1-5-14/h3-4,6,14H,5,10H2. The number of rotatable bonds is 1. The zero-order valence-electron chi connectivity index (χ0n) is 7.23. The molecule has 0 aliphatic rings. The second kappa shape index (κ2) is 4.53. The van der Waals surface area contributed by atoms with Gasteiger partial charge in [-0.2, -0.15) is 12.6 Å². The molecule has 0 unspecified atom stereocenters. The van der Waals surface area contributed by atoms with Crippen molar-refractivity contribution < 1.29 is 4.92 Å². The molecule has 4 nitrogen and oxygen atoms in total. The van der Waals surface area contributed by atoms with Crippen molar-refractivity contribution in [3.8, 4) is 11.8 Å². The van der Waals surface area contributed by atoms with Gasteiger partial charge in [-0.3, -0.25) is 10.1 Å². The summed E-state index contributed by atoms with van der Waals surface area (Å²) in [6.07, 6.45) is 0. The summed E-state index contributed by atoms with van der Waals surface area (Å²) < 4.78 is 0. The van der Waals surface area contributed by atoms with E-state index in [-0.39, 0.29) is 5.69 Å². The van der Waals surface area contributed by atoms with Gasteiger partial charge in [0.25, 0.3) is 5.69 Å². The fraction of sp³-hybridized carbons (Fsp3) is 0.111. The van der Waals surface area contributed by atoms with Crippen molar-refractivity contribution in [2.45, 2.75) is 0 Å². The highest BCUT2D eigenvalue weighted by molar-refractivity contribution is 7.80. The van der Waals surface area contributed by atoms with E-state index in [1.165, 1.54) is 18.2 Å². The van der Waals surface area contributed by atoms with E-state index in [0.29, 0.717) is 17.0 Å². The number of non-ortho nitro benzene ring substituents is 1. The van der Waals surface area contributed by atoms with Crippen LogP contribution in [0, 0.1) is 22.0 Å². The molecule has 0 bridgehead atoms. The molecular weight excluding hydrogens is 200 g/mol. The number of nitrogens with zero attached hydrogens (tertiary/aromatic N) is 1. The molecule has 72 valence electrons. The largest absolute Gasteiger partial charge is 0.398 e. The van der Waals surface area contributed by atoms with Crippen LogP contribution in [0.3, 0.4) is 0 Å². The molecule has 0 heterocycles. The molecule has 0 atom stereocenters. The average molecular weight is 208 g/mol. The minimum absolute atomic E-state index is 0.0288. The monoisotopic (exact) mass is 208 g/mol. The van der Waals surface area contributed by atoms with Crippen LogP contribution in [0.5, 0.6) is 0 Å². The van der Waals surface area contributed by atoms with Gasteiger partial charge in [0.05, 0.1) is 16.4 Å². The summed E-state index contributed by atoms with van der Waals surface area (Å²) in [6.45, 7) is 0. The smallest absolute Gasteiger partial charge is 0.271 e. The maximum absolute atomic E-state index is 10.4. The third kappa shape index (κ3) is 2.41. The van der Waals surface area contributed by atoms with E-state index in [1.54, 1.807) is 0 Å². The molecule has 0 aromatic heterocycles. The Bertz CT molecular complexity index is 421. The van der Waals surface area contributed by atoms with Gasteiger partial charge in [-0.15, -0.1) is 0 Å². The second-order valence-electron chi connectivity index (χ2n) is 2.49. The fourth-order valence-corrected chi connectivity index (χ4v) is 0.991. The highest BCUT2D eigenvalue weighted by Gasteiger charge is 2.06. The van der Waals surface area contributed by atoms with Crippen molar-refractivity contribution in [3.05, 3.63) is 33.9 Å². The van der Waals surface area contributed by atoms with Gasteiger partial charge in [-0.25, -0.2) is 0 Å². The maximum Gasteiger partial charge on any atom is 0.271 e. The van der Waals surface area contributed by atoms with Gasteiger partial charge in [-0.05, 0) is 6.07 Å². The van der Waals surface area contributed by atoms with E-state index < -0.39 is 4.92 Å². The summed E-state index contributed by atoms with van der Waals surface area (Å²) in [7, 11) is 0. The van der Waals surface area contributed by atoms with Crippen molar-refractivity contribution in [1.82, 2.24) is 0 Å². The third-order valence-corrected chi connectivity index (χ3v) is 1.71. The second-order valence-corrected chi connectivity index (χ2v) is 2.80. The molecule has 0 spiro atoms. The molecule has 0 amide bonds. The van der Waals surface area contributed by atoms with E-state index in [1.807, 2.05) is 0 Å². The quantitative estimate of drug-likeness (QED) is 0.241. The molecular formula is C9H8N2O2S. The van der Waals surface area contributed by atoms with Crippen LogP contribution in [-0.2, 0) is 0 Å². The van der Waals surface area contributed by atoms with Crippen LogP contribution in [0.25, 0.3) is 0 Å². The summed E-state index contributed by atoms with van der Waals surface area (Å²) in [5.74, 6) is 5.90. The molecule has 0 aliphatic carbocycles. The normalized spacial score (nSPS) is 8.93. The Balaban J connectivity index is 3.07. The number of nitro groups is 1. The summed E-state index contributed by atoms with van der Waals surface area (Å²) in [5, 5.41) is 10.4. The predicted molar refractivity (Wildman–Crippen MR) is 58.2 cm³/mol.